The highest BCUT2D eigenvalue weighted by atomic mass is 16.5. The maximum atomic E-state index is 14.1. The van der Waals surface area contributed by atoms with E-state index in [1.807, 2.05) is 37.3 Å². The first-order valence-corrected chi connectivity index (χ1v) is 12.8. The molecule has 3 heterocycles. The lowest BCUT2D eigenvalue weighted by molar-refractivity contribution is -0.127. The number of benzene rings is 2. The number of para-hydroxylation sites is 3. The predicted octanol–water partition coefficient (Wildman–Crippen LogP) is 3.80. The van der Waals surface area contributed by atoms with Gasteiger partial charge in [-0.1, -0.05) is 29.5 Å². The fraction of sp³-hybridized carbons (Fsp3) is 0.357. The molecule has 2 atom stereocenters. The molecular weight excluding hydrogens is 486 g/mol. The summed E-state index contributed by atoms with van der Waals surface area (Å²) in [6, 6.07) is 17.0. The summed E-state index contributed by atoms with van der Waals surface area (Å²) in [6.45, 7) is 4.94. The van der Waals surface area contributed by atoms with Gasteiger partial charge in [0.2, 0.25) is 5.91 Å². The van der Waals surface area contributed by atoms with Crippen molar-refractivity contribution in [2.45, 2.75) is 45.4 Å². The monoisotopic (exact) mass is 517 g/mol. The first-order chi connectivity index (χ1) is 18.5. The molecule has 0 aliphatic carbocycles. The Kier molecular flexibility index (Phi) is 7.69. The number of aryl methyl sites for hydroxylation is 1. The number of aromatic nitrogens is 3. The summed E-state index contributed by atoms with van der Waals surface area (Å²) in [5.74, 6) is 0.698. The number of furan rings is 1. The van der Waals surface area contributed by atoms with Gasteiger partial charge in [0.1, 0.15) is 29.3 Å². The van der Waals surface area contributed by atoms with Crippen molar-refractivity contribution in [1.29, 1.82) is 0 Å². The zero-order valence-corrected chi connectivity index (χ0v) is 21.5. The second-order valence-electron chi connectivity index (χ2n) is 9.13. The molecule has 0 saturated carbocycles. The molecule has 1 aliphatic rings. The standard InChI is InChI=1S/C28H31N5O5/c1-3-36-24-13-7-6-12-23(24)33(26(34)18-32-22-11-5-4-10-21(22)30-31-32)27(25-15-14-19(2)38-25)28(35)29-17-20-9-8-16-37-20/h4-7,10-15,20,27H,3,8-9,16-18H2,1-2H3,(H,29,35)/t20-,27+/m0/s1. The van der Waals surface area contributed by atoms with Crippen molar-refractivity contribution in [3.05, 3.63) is 72.2 Å². The van der Waals surface area contributed by atoms with Crippen LogP contribution in [0.2, 0.25) is 0 Å². The fourth-order valence-electron chi connectivity index (χ4n) is 4.68. The highest BCUT2D eigenvalue weighted by Gasteiger charge is 2.37. The molecule has 10 nitrogen and oxygen atoms in total. The van der Waals surface area contributed by atoms with Crippen LogP contribution in [0.4, 0.5) is 5.69 Å². The number of hydrogen-bond acceptors (Lipinski definition) is 7. The lowest BCUT2D eigenvalue weighted by Crippen LogP contribution is -2.46. The molecule has 1 aliphatic heterocycles. The van der Waals surface area contributed by atoms with Gasteiger partial charge in [0.05, 0.1) is 23.9 Å². The van der Waals surface area contributed by atoms with Crippen molar-refractivity contribution in [2.75, 3.05) is 24.7 Å². The molecule has 0 bridgehead atoms. The Morgan fingerprint density at radius 1 is 1.16 bits per heavy atom. The average molecular weight is 518 g/mol. The van der Waals surface area contributed by atoms with E-state index in [1.165, 1.54) is 9.58 Å². The Bertz CT molecular complexity index is 1410. The number of anilines is 1. The van der Waals surface area contributed by atoms with Crippen molar-refractivity contribution in [3.63, 3.8) is 0 Å². The van der Waals surface area contributed by atoms with Gasteiger partial charge in [0.15, 0.2) is 6.04 Å². The first kappa shape index (κ1) is 25.5. The van der Waals surface area contributed by atoms with Crippen LogP contribution in [0, 0.1) is 6.92 Å². The van der Waals surface area contributed by atoms with Crippen LogP contribution in [0.1, 0.15) is 37.3 Å². The third-order valence-electron chi connectivity index (χ3n) is 6.46. The molecule has 0 spiro atoms. The summed E-state index contributed by atoms with van der Waals surface area (Å²) >= 11 is 0. The zero-order chi connectivity index (χ0) is 26.5. The summed E-state index contributed by atoms with van der Waals surface area (Å²) in [6.07, 6.45) is 1.78. The summed E-state index contributed by atoms with van der Waals surface area (Å²) in [5.41, 5.74) is 1.84. The average Bonchev–Trinajstić information content (AvgIpc) is 3.69. The van der Waals surface area contributed by atoms with E-state index in [-0.39, 0.29) is 24.5 Å². The molecule has 2 aromatic carbocycles. The minimum atomic E-state index is -1.09. The van der Waals surface area contributed by atoms with Gasteiger partial charge in [-0.3, -0.25) is 14.5 Å². The smallest absolute Gasteiger partial charge is 0.251 e. The SMILES string of the molecule is CCOc1ccccc1N(C(=O)Cn1nnc2ccccc21)[C@@H](C(=O)NC[C@@H]1CCCO1)c1ccc(C)o1. The molecular formula is C28H31N5O5. The van der Waals surface area contributed by atoms with Gasteiger partial charge in [0, 0.05) is 13.2 Å². The second kappa shape index (κ2) is 11.5. The van der Waals surface area contributed by atoms with Crippen LogP contribution in [0.5, 0.6) is 5.75 Å². The van der Waals surface area contributed by atoms with Crippen LogP contribution < -0.4 is 15.0 Å². The summed E-state index contributed by atoms with van der Waals surface area (Å²) in [4.78, 5) is 29.4. The van der Waals surface area contributed by atoms with E-state index in [0.717, 1.165) is 12.8 Å². The van der Waals surface area contributed by atoms with E-state index in [9.17, 15) is 9.59 Å². The van der Waals surface area contributed by atoms with Gasteiger partial charge < -0.3 is 19.2 Å². The number of nitrogens with one attached hydrogen (secondary N) is 1. The van der Waals surface area contributed by atoms with Crippen molar-refractivity contribution in [3.8, 4) is 5.75 Å². The van der Waals surface area contributed by atoms with Gasteiger partial charge in [-0.2, -0.15) is 0 Å². The van der Waals surface area contributed by atoms with E-state index in [2.05, 4.69) is 15.6 Å². The van der Waals surface area contributed by atoms with Gasteiger partial charge in [-0.05, 0) is 63.1 Å². The molecule has 0 unspecified atom stereocenters. The van der Waals surface area contributed by atoms with Gasteiger partial charge in [0.25, 0.3) is 5.91 Å². The number of nitrogens with zero attached hydrogens (tertiary/aromatic N) is 4. The van der Waals surface area contributed by atoms with Crippen molar-refractivity contribution < 1.29 is 23.5 Å². The third kappa shape index (κ3) is 5.40. The molecule has 38 heavy (non-hydrogen) atoms. The van der Waals surface area contributed by atoms with Gasteiger partial charge in [-0.15, -0.1) is 5.10 Å². The minimum Gasteiger partial charge on any atom is -0.492 e. The summed E-state index contributed by atoms with van der Waals surface area (Å²) < 4.78 is 19.0. The molecule has 1 N–H and O–H groups in total. The van der Waals surface area contributed by atoms with Crippen LogP contribution in [-0.2, 0) is 20.9 Å². The lowest BCUT2D eigenvalue weighted by Gasteiger charge is -2.31. The topological polar surface area (TPSA) is 112 Å². The maximum absolute atomic E-state index is 14.1. The van der Waals surface area contributed by atoms with Gasteiger partial charge in [-0.25, -0.2) is 4.68 Å². The first-order valence-electron chi connectivity index (χ1n) is 12.8. The molecule has 2 amide bonds. The molecule has 2 aromatic heterocycles. The number of hydrogen-bond donors (Lipinski definition) is 1. The normalized spacial score (nSPS) is 15.9. The molecule has 1 fully saturated rings. The lowest BCUT2D eigenvalue weighted by atomic mass is 10.1. The Labute approximate surface area is 220 Å². The molecule has 0 radical (unpaired) electrons. The van der Waals surface area contributed by atoms with E-state index >= 15 is 0 Å². The number of carbonyl (C=O) groups is 2. The van der Waals surface area contributed by atoms with E-state index < -0.39 is 6.04 Å². The Morgan fingerprint density at radius 2 is 1.97 bits per heavy atom. The Balaban J connectivity index is 1.55. The number of amides is 2. The molecule has 10 heteroatoms. The van der Waals surface area contributed by atoms with Crippen LogP contribution in [0.3, 0.4) is 0 Å². The molecule has 4 aromatic rings. The predicted molar refractivity (Wildman–Crippen MR) is 141 cm³/mol. The van der Waals surface area contributed by atoms with Crippen LogP contribution in [0.15, 0.2) is 65.1 Å². The molecule has 1 saturated heterocycles. The van der Waals surface area contributed by atoms with Gasteiger partial charge >= 0.3 is 0 Å². The van der Waals surface area contributed by atoms with E-state index in [4.69, 9.17) is 13.9 Å². The Hall–Kier alpha value is -4.18. The van der Waals surface area contributed by atoms with Crippen LogP contribution in [0.25, 0.3) is 11.0 Å². The van der Waals surface area contributed by atoms with Crippen molar-refractivity contribution in [1.82, 2.24) is 20.3 Å². The van der Waals surface area contributed by atoms with Crippen molar-refractivity contribution >= 4 is 28.5 Å². The summed E-state index contributed by atoms with van der Waals surface area (Å²) in [5, 5.41) is 11.3. The van der Waals surface area contributed by atoms with E-state index in [1.54, 1.807) is 37.3 Å². The van der Waals surface area contributed by atoms with E-state index in [0.29, 0.717) is 53.7 Å². The largest absolute Gasteiger partial charge is 0.492 e. The quantitative estimate of drug-likeness (QED) is 0.341. The molecule has 5 rings (SSSR count). The number of ether oxygens (including phenoxy) is 2. The zero-order valence-electron chi connectivity index (χ0n) is 21.5. The number of fused-ring (bicyclic) bond motifs is 1. The summed E-state index contributed by atoms with van der Waals surface area (Å²) in [7, 11) is 0. The second-order valence-corrected chi connectivity index (χ2v) is 9.13. The van der Waals surface area contributed by atoms with Crippen LogP contribution >= 0.6 is 0 Å². The highest BCUT2D eigenvalue weighted by molar-refractivity contribution is 6.02. The minimum absolute atomic E-state index is 0.0562. The van der Waals surface area contributed by atoms with Crippen molar-refractivity contribution in [2.24, 2.45) is 0 Å². The number of rotatable bonds is 10. The highest BCUT2D eigenvalue weighted by Crippen LogP contribution is 2.36. The third-order valence-corrected chi connectivity index (χ3v) is 6.46. The fourth-order valence-corrected chi connectivity index (χ4v) is 4.68. The molecule has 198 valence electrons. The number of carbonyl (C=O) groups excluding carboxylic acids is 2. The van der Waals surface area contributed by atoms with Crippen LogP contribution in [-0.4, -0.2) is 52.7 Å². The Morgan fingerprint density at radius 3 is 2.74 bits per heavy atom. The maximum Gasteiger partial charge on any atom is 0.251 e.